The van der Waals surface area contributed by atoms with Crippen molar-refractivity contribution in [3.63, 3.8) is 0 Å². The van der Waals surface area contributed by atoms with Gasteiger partial charge in [-0.25, -0.2) is 4.39 Å². The van der Waals surface area contributed by atoms with E-state index >= 15 is 0 Å². The van der Waals surface area contributed by atoms with Crippen molar-refractivity contribution < 1.29 is 17.9 Å². The smallest absolute Gasteiger partial charge is 0.320 e. The van der Waals surface area contributed by atoms with Gasteiger partial charge in [0.2, 0.25) is 0 Å². The molecule has 1 saturated heterocycles. The summed E-state index contributed by atoms with van der Waals surface area (Å²) in [6.45, 7) is 8.42. The van der Waals surface area contributed by atoms with Gasteiger partial charge in [0.05, 0.1) is 5.69 Å². The molecule has 206 valence electrons. The zero-order valence-electron chi connectivity index (χ0n) is 22.8. The highest BCUT2D eigenvalue weighted by atomic mass is 19.3. The van der Waals surface area contributed by atoms with Crippen molar-refractivity contribution in [3.05, 3.63) is 102 Å². The number of ether oxygens (including phenoxy) is 1. The van der Waals surface area contributed by atoms with Gasteiger partial charge in [0, 0.05) is 42.9 Å². The number of hydrogen-bond donors (Lipinski definition) is 1. The highest BCUT2D eigenvalue weighted by Gasteiger charge is 2.29. The molecule has 39 heavy (non-hydrogen) atoms. The molecule has 4 rings (SSSR count). The number of piperidine rings is 1. The Bertz CT molecular complexity index is 1320. The average molecular weight is 536 g/mol. The van der Waals surface area contributed by atoms with E-state index in [9.17, 15) is 13.2 Å². The van der Waals surface area contributed by atoms with Gasteiger partial charge in [-0.3, -0.25) is 4.90 Å². The number of hydrogen-bond acceptors (Lipinski definition) is 4. The van der Waals surface area contributed by atoms with Crippen molar-refractivity contribution in [1.82, 2.24) is 4.90 Å². The molecular weight excluding hydrogens is 499 g/mol. The standard InChI is InChI=1S/C32H36F3N3O/c1-5-9-22(2)29-21-28(14-15-30(29)36-26-12-8-11-25(33)20-26)39-27-16-18-37(19-17-27)24(4)38(32(34)35)31-13-7-6-10-23(31)3/h6-15,20-21,27,32,36H,4-5,16-19H2,1-3H3/b22-9+. The summed E-state index contributed by atoms with van der Waals surface area (Å²) in [4.78, 5) is 2.92. The zero-order valence-corrected chi connectivity index (χ0v) is 22.8. The van der Waals surface area contributed by atoms with Crippen LogP contribution in [0.15, 0.2) is 85.2 Å². The molecule has 0 aromatic heterocycles. The predicted octanol–water partition coefficient (Wildman–Crippen LogP) is 8.73. The second kappa shape index (κ2) is 12.8. The summed E-state index contributed by atoms with van der Waals surface area (Å²) in [5.74, 6) is 0.741. The number of alkyl halides is 2. The first kappa shape index (κ1) is 28.1. The Morgan fingerprint density at radius 2 is 1.85 bits per heavy atom. The number of allylic oxidation sites excluding steroid dienone is 2. The summed E-state index contributed by atoms with van der Waals surface area (Å²) < 4.78 is 48.2. The van der Waals surface area contributed by atoms with Crippen LogP contribution in [0.4, 0.5) is 30.2 Å². The van der Waals surface area contributed by atoms with Crippen LogP contribution in [-0.2, 0) is 0 Å². The maximum atomic E-state index is 14.1. The molecular formula is C32H36F3N3O. The third-order valence-electron chi connectivity index (χ3n) is 6.99. The van der Waals surface area contributed by atoms with Gasteiger partial charge < -0.3 is 15.0 Å². The number of likely N-dealkylation sites (tertiary alicyclic amines) is 1. The lowest BCUT2D eigenvalue weighted by atomic mass is 10.0. The van der Waals surface area contributed by atoms with Crippen LogP contribution in [0, 0.1) is 12.7 Å². The van der Waals surface area contributed by atoms with E-state index in [1.807, 2.05) is 55.1 Å². The van der Waals surface area contributed by atoms with Crippen LogP contribution in [-0.4, -0.2) is 30.6 Å². The largest absolute Gasteiger partial charge is 0.490 e. The van der Waals surface area contributed by atoms with Crippen LogP contribution in [0.2, 0.25) is 0 Å². The first-order valence-corrected chi connectivity index (χ1v) is 13.3. The summed E-state index contributed by atoms with van der Waals surface area (Å²) in [7, 11) is 0. The second-order valence-corrected chi connectivity index (χ2v) is 9.79. The molecule has 0 amide bonds. The van der Waals surface area contributed by atoms with E-state index in [-0.39, 0.29) is 11.9 Å². The summed E-state index contributed by atoms with van der Waals surface area (Å²) in [5.41, 5.74) is 4.85. The Balaban J connectivity index is 1.44. The zero-order chi connectivity index (χ0) is 27.9. The normalized spacial score (nSPS) is 14.4. The van der Waals surface area contributed by atoms with Crippen LogP contribution in [0.1, 0.15) is 44.2 Å². The third kappa shape index (κ3) is 6.96. The molecule has 1 N–H and O–H groups in total. The van der Waals surface area contributed by atoms with E-state index in [1.54, 1.807) is 18.2 Å². The SMILES string of the molecule is C=C(N1CCC(Oc2ccc(Nc3cccc(F)c3)c(/C(C)=C/CC)c2)CC1)N(c1ccccc1C)C(F)F. The summed E-state index contributed by atoms with van der Waals surface area (Å²) in [6, 6.07) is 19.4. The van der Waals surface area contributed by atoms with Gasteiger partial charge in [0.1, 0.15) is 23.5 Å². The van der Waals surface area contributed by atoms with Gasteiger partial charge in [0.15, 0.2) is 0 Å². The number of halogens is 3. The fourth-order valence-corrected chi connectivity index (χ4v) is 4.94. The first-order valence-electron chi connectivity index (χ1n) is 13.3. The molecule has 1 fully saturated rings. The minimum absolute atomic E-state index is 0.0437. The molecule has 0 aliphatic carbocycles. The lowest BCUT2D eigenvalue weighted by Crippen LogP contribution is -2.44. The quantitative estimate of drug-likeness (QED) is 0.263. The van der Waals surface area contributed by atoms with Crippen molar-refractivity contribution in [2.24, 2.45) is 0 Å². The van der Waals surface area contributed by atoms with Gasteiger partial charge in [-0.05, 0) is 73.9 Å². The van der Waals surface area contributed by atoms with Crippen LogP contribution in [0.25, 0.3) is 5.57 Å². The molecule has 0 atom stereocenters. The Labute approximate surface area is 229 Å². The summed E-state index contributed by atoms with van der Waals surface area (Å²) >= 11 is 0. The van der Waals surface area contributed by atoms with Gasteiger partial charge in [-0.1, -0.05) is 43.8 Å². The molecule has 0 unspecified atom stereocenters. The minimum Gasteiger partial charge on any atom is -0.490 e. The van der Waals surface area contributed by atoms with Crippen molar-refractivity contribution in [3.8, 4) is 5.75 Å². The van der Waals surface area contributed by atoms with E-state index in [4.69, 9.17) is 4.74 Å². The maximum absolute atomic E-state index is 14.1. The molecule has 0 bridgehead atoms. The Hall–Kier alpha value is -3.87. The van der Waals surface area contributed by atoms with E-state index < -0.39 is 6.55 Å². The van der Waals surface area contributed by atoms with Crippen LogP contribution >= 0.6 is 0 Å². The lowest BCUT2D eigenvalue weighted by Gasteiger charge is -2.39. The number of rotatable bonds is 10. The summed E-state index contributed by atoms with van der Waals surface area (Å²) in [5, 5.41) is 3.32. The lowest BCUT2D eigenvalue weighted by molar-refractivity contribution is 0.101. The molecule has 0 saturated carbocycles. The Morgan fingerprint density at radius 1 is 1.10 bits per heavy atom. The van der Waals surface area contributed by atoms with Crippen molar-refractivity contribution in [2.75, 3.05) is 23.3 Å². The molecule has 0 spiro atoms. The molecule has 1 aliphatic heterocycles. The number of anilines is 3. The molecule has 3 aromatic rings. The van der Waals surface area contributed by atoms with Gasteiger partial charge >= 0.3 is 6.55 Å². The van der Waals surface area contributed by atoms with Crippen LogP contribution < -0.4 is 15.0 Å². The molecule has 1 aliphatic rings. The number of para-hydroxylation sites is 1. The van der Waals surface area contributed by atoms with Gasteiger partial charge in [-0.2, -0.15) is 8.78 Å². The van der Waals surface area contributed by atoms with Gasteiger partial charge in [-0.15, -0.1) is 0 Å². The first-order chi connectivity index (χ1) is 18.8. The van der Waals surface area contributed by atoms with E-state index in [0.717, 1.165) is 39.5 Å². The minimum atomic E-state index is -2.69. The highest BCUT2D eigenvalue weighted by Crippen LogP contribution is 2.33. The molecule has 7 heteroatoms. The van der Waals surface area contributed by atoms with Gasteiger partial charge in [0.25, 0.3) is 0 Å². The van der Waals surface area contributed by atoms with Crippen LogP contribution in [0.3, 0.4) is 0 Å². The Kier molecular flexibility index (Phi) is 9.23. The third-order valence-corrected chi connectivity index (χ3v) is 6.99. The topological polar surface area (TPSA) is 27.7 Å². The number of nitrogens with zero attached hydrogens (tertiary/aromatic N) is 2. The fraction of sp³-hybridized carbons (Fsp3) is 0.312. The monoisotopic (exact) mass is 535 g/mol. The summed E-state index contributed by atoms with van der Waals surface area (Å²) in [6.07, 6.45) is 4.36. The molecule has 3 aromatic carbocycles. The van der Waals surface area contributed by atoms with E-state index in [1.165, 1.54) is 12.1 Å². The van der Waals surface area contributed by atoms with Crippen molar-refractivity contribution >= 4 is 22.6 Å². The number of benzene rings is 3. The molecule has 1 heterocycles. The average Bonchev–Trinajstić information content (AvgIpc) is 2.91. The van der Waals surface area contributed by atoms with E-state index in [0.29, 0.717) is 43.1 Å². The fourth-order valence-electron chi connectivity index (χ4n) is 4.94. The van der Waals surface area contributed by atoms with Crippen LogP contribution in [0.5, 0.6) is 5.75 Å². The van der Waals surface area contributed by atoms with Crippen molar-refractivity contribution in [2.45, 2.75) is 52.7 Å². The molecule has 4 nitrogen and oxygen atoms in total. The maximum Gasteiger partial charge on any atom is 0.320 e. The highest BCUT2D eigenvalue weighted by molar-refractivity contribution is 5.79. The molecule has 0 radical (unpaired) electrons. The number of aryl methyl sites for hydroxylation is 1. The van der Waals surface area contributed by atoms with Crippen molar-refractivity contribution in [1.29, 1.82) is 0 Å². The predicted molar refractivity (Wildman–Crippen MR) is 154 cm³/mol. The van der Waals surface area contributed by atoms with E-state index in [2.05, 4.69) is 24.9 Å². The second-order valence-electron chi connectivity index (χ2n) is 9.79. The Morgan fingerprint density at radius 3 is 2.51 bits per heavy atom. The number of nitrogens with one attached hydrogen (secondary N) is 1.